The molecule has 0 aliphatic rings. The van der Waals surface area contributed by atoms with Gasteiger partial charge in [0.25, 0.3) is 0 Å². The molecule has 2 aromatic rings. The fraction of sp³-hybridized carbons (Fsp3) is 0.286. The van der Waals surface area contributed by atoms with E-state index in [-0.39, 0.29) is 23.9 Å². The molecule has 0 atom stereocenters. The molecule has 26 heavy (non-hydrogen) atoms. The number of hydrogen-bond donors (Lipinski definition) is 1. The first-order chi connectivity index (χ1) is 11.8. The number of halogens is 6. The second kappa shape index (κ2) is 6.83. The lowest BCUT2D eigenvalue weighted by atomic mass is 10.1. The van der Waals surface area contributed by atoms with Crippen molar-refractivity contribution in [3.05, 3.63) is 53.1 Å². The van der Waals surface area contributed by atoms with E-state index < -0.39 is 44.9 Å². The molecule has 0 amide bonds. The summed E-state index contributed by atoms with van der Waals surface area (Å²) in [6.45, 7) is 1.18. The Labute approximate surface area is 144 Å². The van der Waals surface area contributed by atoms with Crippen LogP contribution in [0.2, 0.25) is 0 Å². The fourth-order valence-corrected chi connectivity index (χ4v) is 2.91. The Hall–Kier alpha value is -2.21. The van der Waals surface area contributed by atoms with Crippen LogP contribution in [0.15, 0.2) is 35.5 Å². The molecule has 1 aromatic heterocycles. The van der Waals surface area contributed by atoms with Crippen LogP contribution in [0, 0.1) is 6.92 Å². The van der Waals surface area contributed by atoms with Crippen LogP contribution >= 0.6 is 0 Å². The third-order valence-corrected chi connectivity index (χ3v) is 4.53. The first-order valence-electron chi connectivity index (χ1n) is 6.86. The highest BCUT2D eigenvalue weighted by molar-refractivity contribution is 7.89. The molecule has 1 heterocycles. The van der Waals surface area contributed by atoms with Gasteiger partial charge in [-0.05, 0) is 25.1 Å². The molecule has 0 saturated heterocycles. The van der Waals surface area contributed by atoms with Gasteiger partial charge in [0, 0.05) is 6.20 Å². The maximum absolute atomic E-state index is 12.8. The zero-order valence-corrected chi connectivity index (χ0v) is 13.8. The molecule has 142 valence electrons. The molecule has 5 nitrogen and oxygen atoms in total. The molecule has 0 radical (unpaired) electrons. The Morgan fingerprint density at radius 3 is 1.88 bits per heavy atom. The predicted octanol–water partition coefficient (Wildman–Crippen LogP) is 3.30. The largest absolute Gasteiger partial charge is 0.416 e. The third-order valence-electron chi connectivity index (χ3n) is 3.15. The van der Waals surface area contributed by atoms with Gasteiger partial charge in [0.05, 0.1) is 40.2 Å². The Morgan fingerprint density at radius 1 is 0.923 bits per heavy atom. The smallest absolute Gasteiger partial charge is 0.258 e. The van der Waals surface area contributed by atoms with Crippen LogP contribution in [0.4, 0.5) is 26.3 Å². The van der Waals surface area contributed by atoms with Crippen molar-refractivity contribution in [3.8, 4) is 0 Å². The second-order valence-electron chi connectivity index (χ2n) is 5.22. The summed E-state index contributed by atoms with van der Waals surface area (Å²) in [6, 6.07) is 0.126. The first kappa shape index (κ1) is 20.1. The SMILES string of the molecule is Cc1cnc(CNS(=O)(=O)c2cc(C(F)(F)F)cc(C(F)(F)F)c2)cn1. The maximum Gasteiger partial charge on any atom is 0.416 e. The summed E-state index contributed by atoms with van der Waals surface area (Å²) in [5.41, 5.74) is -2.75. The number of benzene rings is 1. The summed E-state index contributed by atoms with van der Waals surface area (Å²) < 4.78 is 103. The van der Waals surface area contributed by atoms with Gasteiger partial charge in [-0.25, -0.2) is 13.1 Å². The van der Waals surface area contributed by atoms with E-state index in [1.54, 1.807) is 6.92 Å². The third kappa shape index (κ3) is 4.91. The number of alkyl halides is 6. The molecule has 0 unspecified atom stereocenters. The highest BCUT2D eigenvalue weighted by atomic mass is 32.2. The van der Waals surface area contributed by atoms with Crippen LogP contribution in [0.25, 0.3) is 0 Å². The van der Waals surface area contributed by atoms with E-state index in [1.165, 1.54) is 12.4 Å². The van der Waals surface area contributed by atoms with Crippen LogP contribution < -0.4 is 4.72 Å². The molecule has 1 N–H and O–H groups in total. The van der Waals surface area contributed by atoms with Crippen LogP contribution in [-0.2, 0) is 28.9 Å². The van der Waals surface area contributed by atoms with Gasteiger partial charge in [0.1, 0.15) is 0 Å². The molecule has 0 fully saturated rings. The normalized spacial score (nSPS) is 13.0. The van der Waals surface area contributed by atoms with Crippen LogP contribution in [-0.4, -0.2) is 18.4 Å². The summed E-state index contributed by atoms with van der Waals surface area (Å²) in [7, 11) is -4.65. The topological polar surface area (TPSA) is 72.0 Å². The Kier molecular flexibility index (Phi) is 5.29. The van der Waals surface area contributed by atoms with Gasteiger partial charge in [0.2, 0.25) is 10.0 Å². The number of nitrogens with one attached hydrogen (secondary N) is 1. The zero-order chi connectivity index (χ0) is 19.8. The lowest BCUT2D eigenvalue weighted by molar-refractivity contribution is -0.143. The molecular weight excluding hydrogens is 388 g/mol. The van der Waals surface area contributed by atoms with Crippen LogP contribution in [0.5, 0.6) is 0 Å². The average molecular weight is 399 g/mol. The lowest BCUT2D eigenvalue weighted by Gasteiger charge is -2.14. The van der Waals surface area contributed by atoms with Crippen molar-refractivity contribution in [2.24, 2.45) is 0 Å². The molecule has 2 rings (SSSR count). The van der Waals surface area contributed by atoms with Crippen molar-refractivity contribution >= 4 is 10.0 Å². The molecule has 12 heteroatoms. The van der Waals surface area contributed by atoms with Crippen LogP contribution in [0.3, 0.4) is 0 Å². The number of hydrogen-bond acceptors (Lipinski definition) is 4. The van der Waals surface area contributed by atoms with E-state index in [1.807, 2.05) is 4.72 Å². The molecule has 0 aliphatic heterocycles. The summed E-state index contributed by atoms with van der Waals surface area (Å²) in [6.07, 6.45) is -7.73. The van der Waals surface area contributed by atoms with Crippen molar-refractivity contribution in [2.75, 3.05) is 0 Å². The van der Waals surface area contributed by atoms with Crippen molar-refractivity contribution in [3.63, 3.8) is 0 Å². The quantitative estimate of drug-likeness (QED) is 0.801. The summed E-state index contributed by atoms with van der Waals surface area (Å²) in [4.78, 5) is 6.54. The molecule has 0 spiro atoms. The lowest BCUT2D eigenvalue weighted by Crippen LogP contribution is -2.25. The number of rotatable bonds is 4. The van der Waals surface area contributed by atoms with Gasteiger partial charge in [0.15, 0.2) is 0 Å². The maximum atomic E-state index is 12.8. The predicted molar refractivity (Wildman–Crippen MR) is 77.2 cm³/mol. The van der Waals surface area contributed by atoms with E-state index in [9.17, 15) is 34.8 Å². The standard InChI is InChI=1S/C14H11F6N3O2S/c1-8-5-22-11(6-21-8)7-23-26(24,25)12-3-9(13(15,16)17)2-10(4-12)14(18,19)20/h2-6,23H,7H2,1H3. The molecule has 1 aromatic carbocycles. The van der Waals surface area contributed by atoms with Gasteiger partial charge >= 0.3 is 12.4 Å². The molecular formula is C14H11F6N3O2S. The second-order valence-corrected chi connectivity index (χ2v) is 6.98. The monoisotopic (exact) mass is 399 g/mol. The van der Waals surface area contributed by atoms with Crippen molar-refractivity contribution in [1.82, 2.24) is 14.7 Å². The average Bonchev–Trinajstić information content (AvgIpc) is 2.52. The van der Waals surface area contributed by atoms with Gasteiger partial charge in [-0.3, -0.25) is 9.97 Å². The van der Waals surface area contributed by atoms with Gasteiger partial charge < -0.3 is 0 Å². The van der Waals surface area contributed by atoms with Gasteiger partial charge in [-0.2, -0.15) is 26.3 Å². The molecule has 0 saturated carbocycles. The van der Waals surface area contributed by atoms with Gasteiger partial charge in [-0.1, -0.05) is 0 Å². The van der Waals surface area contributed by atoms with Crippen molar-refractivity contribution in [1.29, 1.82) is 0 Å². The highest BCUT2D eigenvalue weighted by Gasteiger charge is 2.38. The minimum atomic E-state index is -5.14. The van der Waals surface area contributed by atoms with Crippen molar-refractivity contribution in [2.45, 2.75) is 30.7 Å². The van der Waals surface area contributed by atoms with Gasteiger partial charge in [-0.15, -0.1) is 0 Å². The van der Waals surface area contributed by atoms with E-state index in [0.717, 1.165) is 0 Å². The van der Waals surface area contributed by atoms with E-state index in [4.69, 9.17) is 0 Å². The zero-order valence-electron chi connectivity index (χ0n) is 13.0. The number of aryl methyl sites for hydroxylation is 1. The van der Waals surface area contributed by atoms with E-state index in [0.29, 0.717) is 5.69 Å². The van der Waals surface area contributed by atoms with Crippen LogP contribution in [0.1, 0.15) is 22.5 Å². The Bertz CT molecular complexity index is 860. The molecule has 0 bridgehead atoms. The number of sulfonamides is 1. The number of aromatic nitrogens is 2. The number of nitrogens with zero attached hydrogens (tertiary/aromatic N) is 2. The van der Waals surface area contributed by atoms with E-state index >= 15 is 0 Å². The Morgan fingerprint density at radius 2 is 1.46 bits per heavy atom. The first-order valence-corrected chi connectivity index (χ1v) is 8.34. The highest BCUT2D eigenvalue weighted by Crippen LogP contribution is 2.37. The van der Waals surface area contributed by atoms with E-state index in [2.05, 4.69) is 9.97 Å². The Balaban J connectivity index is 2.39. The fourth-order valence-electron chi connectivity index (χ4n) is 1.84. The molecule has 0 aliphatic carbocycles. The summed E-state index contributed by atoms with van der Waals surface area (Å²) in [5.74, 6) is 0. The summed E-state index contributed by atoms with van der Waals surface area (Å²) >= 11 is 0. The minimum absolute atomic E-state index is 0.137. The minimum Gasteiger partial charge on any atom is -0.258 e. The summed E-state index contributed by atoms with van der Waals surface area (Å²) in [5, 5.41) is 0. The van der Waals surface area contributed by atoms with Crippen molar-refractivity contribution < 1.29 is 34.8 Å².